The largest absolute Gasteiger partial charge is 0.295 e. The third kappa shape index (κ3) is 2.10. The molecule has 3 unspecified atom stereocenters. The zero-order chi connectivity index (χ0) is 14.3. The number of ketones is 1. The van der Waals surface area contributed by atoms with Crippen molar-refractivity contribution >= 4 is 5.78 Å². The molecule has 1 heteroatoms. The SMILES string of the molecule is CCCC1C2C=CC3=CC(=O)CC[C@]3(C)C2CC[C@@H]1C. The fraction of sp³-hybridized carbons (Fsp3) is 0.737. The molecule has 1 saturated carbocycles. The van der Waals surface area contributed by atoms with Crippen molar-refractivity contribution in [3.05, 3.63) is 23.8 Å². The van der Waals surface area contributed by atoms with Crippen LogP contribution in [0.15, 0.2) is 23.8 Å². The molecule has 110 valence electrons. The van der Waals surface area contributed by atoms with Crippen LogP contribution in [0.4, 0.5) is 0 Å². The maximum absolute atomic E-state index is 11.7. The molecule has 20 heavy (non-hydrogen) atoms. The number of hydrogen-bond acceptors (Lipinski definition) is 1. The van der Waals surface area contributed by atoms with E-state index >= 15 is 0 Å². The molecule has 1 nitrogen and oxygen atoms in total. The van der Waals surface area contributed by atoms with Gasteiger partial charge in [0.1, 0.15) is 0 Å². The smallest absolute Gasteiger partial charge is 0.156 e. The number of allylic oxidation sites excluding steroid dienone is 4. The van der Waals surface area contributed by atoms with Crippen molar-refractivity contribution in [1.29, 1.82) is 0 Å². The van der Waals surface area contributed by atoms with Gasteiger partial charge in [-0.3, -0.25) is 4.79 Å². The maximum Gasteiger partial charge on any atom is 0.156 e. The highest BCUT2D eigenvalue weighted by Gasteiger charge is 2.49. The van der Waals surface area contributed by atoms with Crippen molar-refractivity contribution < 1.29 is 4.79 Å². The molecule has 0 radical (unpaired) electrons. The van der Waals surface area contributed by atoms with Crippen molar-refractivity contribution in [2.24, 2.45) is 29.1 Å². The zero-order valence-corrected chi connectivity index (χ0v) is 13.2. The van der Waals surface area contributed by atoms with Gasteiger partial charge < -0.3 is 0 Å². The van der Waals surface area contributed by atoms with Crippen LogP contribution in [0.3, 0.4) is 0 Å². The average Bonchev–Trinajstić information content (AvgIpc) is 2.42. The monoisotopic (exact) mass is 272 g/mol. The molecule has 1 fully saturated rings. The maximum atomic E-state index is 11.7. The summed E-state index contributed by atoms with van der Waals surface area (Å²) < 4.78 is 0. The lowest BCUT2D eigenvalue weighted by molar-refractivity contribution is -0.116. The van der Waals surface area contributed by atoms with E-state index in [1.54, 1.807) is 0 Å². The molecule has 3 aliphatic rings. The molecule has 0 amide bonds. The highest BCUT2D eigenvalue weighted by atomic mass is 16.1. The van der Waals surface area contributed by atoms with Crippen molar-refractivity contribution in [3.8, 4) is 0 Å². The Morgan fingerprint density at radius 3 is 2.90 bits per heavy atom. The van der Waals surface area contributed by atoms with Crippen molar-refractivity contribution in [1.82, 2.24) is 0 Å². The number of carbonyl (C=O) groups excluding carboxylic acids is 1. The summed E-state index contributed by atoms with van der Waals surface area (Å²) in [6.07, 6.45) is 13.9. The molecule has 0 aromatic rings. The molecule has 0 bridgehead atoms. The fourth-order valence-electron chi connectivity index (χ4n) is 5.15. The summed E-state index contributed by atoms with van der Waals surface area (Å²) in [6, 6.07) is 0. The molecule has 3 rings (SSSR count). The highest BCUT2D eigenvalue weighted by molar-refractivity contribution is 5.92. The molecule has 0 aromatic heterocycles. The minimum atomic E-state index is 0.263. The van der Waals surface area contributed by atoms with Crippen LogP contribution in [0.25, 0.3) is 0 Å². The van der Waals surface area contributed by atoms with Gasteiger partial charge in [0.05, 0.1) is 0 Å². The molecular formula is C19H28O. The molecule has 5 atom stereocenters. The van der Waals surface area contributed by atoms with E-state index in [1.807, 2.05) is 6.08 Å². The lowest BCUT2D eigenvalue weighted by Gasteiger charge is -2.53. The first kappa shape index (κ1) is 14.1. The Morgan fingerprint density at radius 1 is 1.35 bits per heavy atom. The standard InChI is InChI=1S/C19H28O/c1-4-5-16-13(2)6-9-18-17(16)8-7-14-12-15(20)10-11-19(14,18)3/h7-8,12-13,16-18H,4-6,9-11H2,1-3H3/t13-,16?,17?,18?,19-/m0/s1. The summed E-state index contributed by atoms with van der Waals surface area (Å²) in [5.74, 6) is 3.55. The predicted octanol–water partition coefficient (Wildman–Crippen LogP) is 4.93. The van der Waals surface area contributed by atoms with Crippen molar-refractivity contribution in [2.45, 2.75) is 59.3 Å². The molecule has 0 heterocycles. The molecule has 3 aliphatic carbocycles. The van der Waals surface area contributed by atoms with E-state index in [0.29, 0.717) is 5.78 Å². The Hall–Kier alpha value is -0.850. The molecule has 0 aromatic carbocycles. The number of fused-ring (bicyclic) bond motifs is 3. The lowest BCUT2D eigenvalue weighted by Crippen LogP contribution is -2.45. The lowest BCUT2D eigenvalue weighted by atomic mass is 9.51. The first-order valence-corrected chi connectivity index (χ1v) is 8.49. The van der Waals surface area contributed by atoms with E-state index in [2.05, 4.69) is 32.9 Å². The predicted molar refractivity (Wildman–Crippen MR) is 83.3 cm³/mol. The van der Waals surface area contributed by atoms with E-state index in [0.717, 1.165) is 36.5 Å². The van der Waals surface area contributed by atoms with Gasteiger partial charge >= 0.3 is 0 Å². The van der Waals surface area contributed by atoms with Crippen LogP contribution >= 0.6 is 0 Å². The second-order valence-corrected chi connectivity index (χ2v) is 7.53. The molecule has 0 aliphatic heterocycles. The minimum absolute atomic E-state index is 0.263. The van der Waals surface area contributed by atoms with Crippen molar-refractivity contribution in [3.63, 3.8) is 0 Å². The van der Waals surface area contributed by atoms with Gasteiger partial charge in [0.25, 0.3) is 0 Å². The number of rotatable bonds is 2. The Labute approximate surface area is 123 Å². The van der Waals surface area contributed by atoms with Gasteiger partial charge in [-0.1, -0.05) is 45.8 Å². The first-order chi connectivity index (χ1) is 9.56. The summed E-state index contributed by atoms with van der Waals surface area (Å²) in [5, 5.41) is 0. The van der Waals surface area contributed by atoms with Gasteiger partial charge in [-0.05, 0) is 60.0 Å². The quantitative estimate of drug-likeness (QED) is 0.696. The Morgan fingerprint density at radius 2 is 2.15 bits per heavy atom. The van der Waals surface area contributed by atoms with E-state index in [1.165, 1.54) is 31.3 Å². The Balaban J connectivity index is 1.96. The van der Waals surface area contributed by atoms with Crippen LogP contribution in [0.2, 0.25) is 0 Å². The van der Waals surface area contributed by atoms with E-state index in [9.17, 15) is 4.79 Å². The average molecular weight is 272 g/mol. The van der Waals surface area contributed by atoms with Crippen LogP contribution in [0.1, 0.15) is 59.3 Å². The van der Waals surface area contributed by atoms with Crippen LogP contribution < -0.4 is 0 Å². The molecule has 0 saturated heterocycles. The molecular weight excluding hydrogens is 244 g/mol. The first-order valence-electron chi connectivity index (χ1n) is 8.49. The minimum Gasteiger partial charge on any atom is -0.295 e. The van der Waals surface area contributed by atoms with Gasteiger partial charge in [0, 0.05) is 6.42 Å². The summed E-state index contributed by atoms with van der Waals surface area (Å²) in [5.41, 5.74) is 1.58. The highest BCUT2D eigenvalue weighted by Crippen LogP contribution is 2.57. The van der Waals surface area contributed by atoms with Crippen LogP contribution in [-0.4, -0.2) is 5.78 Å². The number of carbonyl (C=O) groups is 1. The summed E-state index contributed by atoms with van der Waals surface area (Å²) in [6.45, 7) is 7.18. The summed E-state index contributed by atoms with van der Waals surface area (Å²) in [4.78, 5) is 11.7. The van der Waals surface area contributed by atoms with Crippen LogP contribution in [0.5, 0.6) is 0 Å². The third-order valence-corrected chi connectivity index (χ3v) is 6.43. The van der Waals surface area contributed by atoms with Gasteiger partial charge in [-0.15, -0.1) is 0 Å². The molecule has 0 spiro atoms. The van der Waals surface area contributed by atoms with Gasteiger partial charge in [0.15, 0.2) is 5.78 Å². The second-order valence-electron chi connectivity index (χ2n) is 7.53. The zero-order valence-electron chi connectivity index (χ0n) is 13.2. The van der Waals surface area contributed by atoms with E-state index in [4.69, 9.17) is 0 Å². The van der Waals surface area contributed by atoms with Gasteiger partial charge in [-0.2, -0.15) is 0 Å². The topological polar surface area (TPSA) is 17.1 Å². The Kier molecular flexibility index (Phi) is 3.64. The van der Waals surface area contributed by atoms with Crippen LogP contribution in [0, 0.1) is 29.1 Å². The number of hydrogen-bond donors (Lipinski definition) is 0. The molecule has 0 N–H and O–H groups in total. The normalized spacial score (nSPS) is 43.8. The van der Waals surface area contributed by atoms with Gasteiger partial charge in [-0.25, -0.2) is 0 Å². The van der Waals surface area contributed by atoms with E-state index < -0.39 is 0 Å². The van der Waals surface area contributed by atoms with Crippen molar-refractivity contribution in [2.75, 3.05) is 0 Å². The fourth-order valence-corrected chi connectivity index (χ4v) is 5.15. The second kappa shape index (κ2) is 5.16. The van der Waals surface area contributed by atoms with Crippen LogP contribution in [-0.2, 0) is 4.79 Å². The summed E-state index contributed by atoms with van der Waals surface area (Å²) >= 11 is 0. The summed E-state index contributed by atoms with van der Waals surface area (Å²) in [7, 11) is 0. The Bertz CT molecular complexity index is 458. The van der Waals surface area contributed by atoms with Gasteiger partial charge in [0.2, 0.25) is 0 Å². The third-order valence-electron chi connectivity index (χ3n) is 6.43. The van der Waals surface area contributed by atoms with E-state index in [-0.39, 0.29) is 5.41 Å².